The number of nitrogens with one attached hydrogen (secondary N) is 1. The lowest BCUT2D eigenvalue weighted by Crippen LogP contribution is -2.51. The van der Waals surface area contributed by atoms with E-state index in [0.717, 1.165) is 17.7 Å². The van der Waals surface area contributed by atoms with Crippen molar-refractivity contribution in [2.75, 3.05) is 32.7 Å². The number of hydrogen-bond acceptors (Lipinski definition) is 3. The molecule has 0 bridgehead atoms. The fourth-order valence-electron chi connectivity index (χ4n) is 3.45. The first-order chi connectivity index (χ1) is 15.2. The van der Waals surface area contributed by atoms with Crippen LogP contribution >= 0.6 is 0 Å². The van der Waals surface area contributed by atoms with Gasteiger partial charge in [0.1, 0.15) is 0 Å². The van der Waals surface area contributed by atoms with E-state index < -0.39 is 11.7 Å². The summed E-state index contributed by atoms with van der Waals surface area (Å²) in [7, 11) is 0. The summed E-state index contributed by atoms with van der Waals surface area (Å²) in [6, 6.07) is 13.4. The third-order valence-electron chi connectivity index (χ3n) is 5.25. The number of carbonyl (C=O) groups excluding carboxylic acids is 3. The molecule has 1 heterocycles. The first-order valence-electron chi connectivity index (χ1n) is 10.3. The molecule has 1 fully saturated rings. The lowest BCUT2D eigenvalue weighted by Gasteiger charge is -2.35. The molecular weight excluding hydrogens is 423 g/mol. The average molecular weight is 447 g/mol. The summed E-state index contributed by atoms with van der Waals surface area (Å²) in [6.45, 7) is 1.50. The molecule has 0 spiro atoms. The van der Waals surface area contributed by atoms with Crippen LogP contribution in [0.2, 0.25) is 0 Å². The Morgan fingerprint density at radius 2 is 1.44 bits per heavy atom. The molecular formula is C23H24F3N3O3. The van der Waals surface area contributed by atoms with Gasteiger partial charge in [0.2, 0.25) is 11.8 Å². The van der Waals surface area contributed by atoms with Crippen molar-refractivity contribution in [3.8, 4) is 0 Å². The lowest BCUT2D eigenvalue weighted by molar-refractivity contribution is -0.137. The molecule has 170 valence electrons. The molecule has 1 saturated heterocycles. The van der Waals surface area contributed by atoms with Gasteiger partial charge in [0, 0.05) is 44.7 Å². The van der Waals surface area contributed by atoms with Gasteiger partial charge >= 0.3 is 6.18 Å². The van der Waals surface area contributed by atoms with E-state index in [0.29, 0.717) is 26.2 Å². The van der Waals surface area contributed by atoms with Crippen LogP contribution < -0.4 is 5.32 Å². The Hall–Kier alpha value is -3.36. The SMILES string of the molecule is O=C(Cc1ccccc1)NCCC(=O)N1CCN(C(=O)c2ccc(C(F)(F)F)cc2)CC1. The van der Waals surface area contributed by atoms with E-state index in [-0.39, 0.29) is 42.7 Å². The fraction of sp³-hybridized carbons (Fsp3) is 0.348. The molecule has 9 heteroatoms. The Morgan fingerprint density at radius 3 is 2.03 bits per heavy atom. The highest BCUT2D eigenvalue weighted by molar-refractivity contribution is 5.94. The van der Waals surface area contributed by atoms with E-state index in [1.807, 2.05) is 30.3 Å². The van der Waals surface area contributed by atoms with E-state index >= 15 is 0 Å². The van der Waals surface area contributed by atoms with Gasteiger partial charge in [0.25, 0.3) is 5.91 Å². The second kappa shape index (κ2) is 10.3. The minimum atomic E-state index is -4.45. The number of carbonyl (C=O) groups is 3. The normalized spacial score (nSPS) is 14.2. The predicted molar refractivity (Wildman–Crippen MR) is 112 cm³/mol. The molecule has 32 heavy (non-hydrogen) atoms. The van der Waals surface area contributed by atoms with E-state index in [1.165, 1.54) is 17.0 Å². The van der Waals surface area contributed by atoms with Crippen LogP contribution in [0.25, 0.3) is 0 Å². The van der Waals surface area contributed by atoms with Crippen molar-refractivity contribution in [1.29, 1.82) is 0 Å². The largest absolute Gasteiger partial charge is 0.416 e. The molecule has 0 atom stereocenters. The van der Waals surface area contributed by atoms with Crippen molar-refractivity contribution in [3.63, 3.8) is 0 Å². The van der Waals surface area contributed by atoms with Crippen LogP contribution in [0.1, 0.15) is 27.9 Å². The Morgan fingerprint density at radius 1 is 0.844 bits per heavy atom. The van der Waals surface area contributed by atoms with Crippen molar-refractivity contribution < 1.29 is 27.6 Å². The molecule has 0 saturated carbocycles. The van der Waals surface area contributed by atoms with Crippen LogP contribution in [-0.2, 0) is 22.2 Å². The Labute approximate surface area is 184 Å². The standard InChI is InChI=1S/C23H24F3N3O3/c24-23(25,26)19-8-6-18(7-9-19)22(32)29-14-12-28(13-15-29)21(31)10-11-27-20(30)16-17-4-2-1-3-5-17/h1-9H,10-16H2,(H,27,30). The van der Waals surface area contributed by atoms with Gasteiger partial charge in [-0.05, 0) is 29.8 Å². The molecule has 0 radical (unpaired) electrons. The number of hydrogen-bond donors (Lipinski definition) is 1. The number of rotatable bonds is 6. The van der Waals surface area contributed by atoms with Crippen LogP contribution in [0.4, 0.5) is 13.2 Å². The number of piperazine rings is 1. The third kappa shape index (κ3) is 6.32. The summed E-state index contributed by atoms with van der Waals surface area (Å²) < 4.78 is 38.0. The summed E-state index contributed by atoms with van der Waals surface area (Å²) in [5, 5.41) is 2.73. The third-order valence-corrected chi connectivity index (χ3v) is 5.25. The molecule has 0 aromatic heterocycles. The van der Waals surface area contributed by atoms with Crippen molar-refractivity contribution in [2.24, 2.45) is 0 Å². The molecule has 1 aliphatic rings. The zero-order valence-electron chi connectivity index (χ0n) is 17.4. The van der Waals surface area contributed by atoms with E-state index in [4.69, 9.17) is 0 Å². The van der Waals surface area contributed by atoms with Crippen molar-refractivity contribution in [2.45, 2.75) is 19.0 Å². The molecule has 0 unspecified atom stereocenters. The molecule has 1 aliphatic heterocycles. The second-order valence-corrected chi connectivity index (χ2v) is 7.51. The van der Waals surface area contributed by atoms with Gasteiger partial charge in [0.05, 0.1) is 12.0 Å². The maximum Gasteiger partial charge on any atom is 0.416 e. The zero-order valence-corrected chi connectivity index (χ0v) is 17.4. The van der Waals surface area contributed by atoms with Gasteiger partial charge in [-0.15, -0.1) is 0 Å². The molecule has 3 rings (SSSR count). The quantitative estimate of drug-likeness (QED) is 0.741. The maximum atomic E-state index is 12.7. The monoisotopic (exact) mass is 447 g/mol. The van der Waals surface area contributed by atoms with Crippen LogP contribution in [0.3, 0.4) is 0 Å². The van der Waals surface area contributed by atoms with Crippen LogP contribution in [0, 0.1) is 0 Å². The minimum absolute atomic E-state index is 0.119. The minimum Gasteiger partial charge on any atom is -0.355 e. The van der Waals surface area contributed by atoms with Crippen molar-refractivity contribution >= 4 is 17.7 Å². The number of benzene rings is 2. The van der Waals surface area contributed by atoms with Gasteiger partial charge in [-0.25, -0.2) is 0 Å². The van der Waals surface area contributed by atoms with Crippen molar-refractivity contribution in [1.82, 2.24) is 15.1 Å². The number of nitrogens with zero attached hydrogens (tertiary/aromatic N) is 2. The molecule has 0 aliphatic carbocycles. The summed E-state index contributed by atoms with van der Waals surface area (Å²) in [6.07, 6.45) is -4.04. The maximum absolute atomic E-state index is 12.7. The fourth-order valence-corrected chi connectivity index (χ4v) is 3.45. The van der Waals surface area contributed by atoms with Gasteiger partial charge < -0.3 is 15.1 Å². The Bertz CT molecular complexity index is 938. The summed E-state index contributed by atoms with van der Waals surface area (Å²) in [4.78, 5) is 40.0. The van der Waals surface area contributed by atoms with Gasteiger partial charge in [-0.2, -0.15) is 13.2 Å². The molecule has 2 aromatic rings. The lowest BCUT2D eigenvalue weighted by atomic mass is 10.1. The van der Waals surface area contributed by atoms with E-state index in [2.05, 4.69) is 5.32 Å². The van der Waals surface area contributed by atoms with Crippen LogP contribution in [-0.4, -0.2) is 60.2 Å². The molecule has 1 N–H and O–H groups in total. The van der Waals surface area contributed by atoms with Gasteiger partial charge in [-0.3, -0.25) is 14.4 Å². The Kier molecular flexibility index (Phi) is 7.50. The topological polar surface area (TPSA) is 69.7 Å². The smallest absolute Gasteiger partial charge is 0.355 e. The van der Waals surface area contributed by atoms with E-state index in [9.17, 15) is 27.6 Å². The average Bonchev–Trinajstić information content (AvgIpc) is 2.79. The molecule has 2 aromatic carbocycles. The van der Waals surface area contributed by atoms with Crippen LogP contribution in [0.5, 0.6) is 0 Å². The highest BCUT2D eigenvalue weighted by Gasteiger charge is 2.31. The number of halogens is 3. The van der Waals surface area contributed by atoms with E-state index in [1.54, 1.807) is 4.90 Å². The van der Waals surface area contributed by atoms with Gasteiger partial charge in [-0.1, -0.05) is 30.3 Å². The number of amides is 3. The summed E-state index contributed by atoms with van der Waals surface area (Å²) >= 11 is 0. The molecule has 3 amide bonds. The number of alkyl halides is 3. The highest BCUT2D eigenvalue weighted by Crippen LogP contribution is 2.29. The van der Waals surface area contributed by atoms with Crippen molar-refractivity contribution in [3.05, 3.63) is 71.3 Å². The highest BCUT2D eigenvalue weighted by atomic mass is 19.4. The van der Waals surface area contributed by atoms with Gasteiger partial charge in [0.15, 0.2) is 0 Å². The first kappa shape index (κ1) is 23.3. The van der Waals surface area contributed by atoms with Crippen LogP contribution in [0.15, 0.2) is 54.6 Å². The summed E-state index contributed by atoms with van der Waals surface area (Å²) in [5.74, 6) is -0.637. The first-order valence-corrected chi connectivity index (χ1v) is 10.3. The zero-order chi connectivity index (χ0) is 23.1. The Balaban J connectivity index is 1.40. The predicted octanol–water partition coefficient (Wildman–Crippen LogP) is 2.74. The second-order valence-electron chi connectivity index (χ2n) is 7.51. The molecule has 6 nitrogen and oxygen atoms in total. The summed E-state index contributed by atoms with van der Waals surface area (Å²) in [5.41, 5.74) is 0.268.